The number of ketones is 1. The normalized spacial score (nSPS) is 10.5. The lowest BCUT2D eigenvalue weighted by Gasteiger charge is -2.24. The lowest BCUT2D eigenvalue weighted by atomic mass is 10.0. The number of hydrogen-bond donors (Lipinski definition) is 0. The number of carbonyl (C=O) groups excluding carboxylic acids is 1. The molecule has 3 nitrogen and oxygen atoms in total. The third kappa shape index (κ3) is 5.35. The van der Waals surface area contributed by atoms with Crippen molar-refractivity contribution >= 4 is 11.5 Å². The third-order valence-corrected chi connectivity index (χ3v) is 4.41. The van der Waals surface area contributed by atoms with Gasteiger partial charge in [-0.25, -0.2) is 0 Å². The number of methoxy groups -OCH3 is 1. The maximum Gasteiger partial charge on any atom is 0.193 e. The molecule has 0 aliphatic rings. The van der Waals surface area contributed by atoms with Crippen LogP contribution >= 0.6 is 0 Å². The van der Waals surface area contributed by atoms with E-state index in [1.54, 1.807) is 7.11 Å². The van der Waals surface area contributed by atoms with E-state index in [2.05, 4.69) is 30.9 Å². The minimum absolute atomic E-state index is 0.0443. The van der Waals surface area contributed by atoms with Crippen LogP contribution in [0.25, 0.3) is 0 Å². The van der Waals surface area contributed by atoms with E-state index < -0.39 is 0 Å². The number of hydrogen-bond acceptors (Lipinski definition) is 3. The minimum atomic E-state index is 0.0443. The summed E-state index contributed by atoms with van der Waals surface area (Å²) >= 11 is 0. The molecule has 0 heterocycles. The fraction of sp³-hybridized carbons (Fsp3) is 0.409. The highest BCUT2D eigenvalue weighted by Crippen LogP contribution is 2.20. The first-order valence-corrected chi connectivity index (χ1v) is 9.23. The van der Waals surface area contributed by atoms with Gasteiger partial charge in [-0.1, -0.05) is 26.7 Å². The van der Waals surface area contributed by atoms with Crippen molar-refractivity contribution in [1.82, 2.24) is 0 Å². The summed E-state index contributed by atoms with van der Waals surface area (Å²) in [4.78, 5) is 15.0. The number of unbranched alkanes of at least 4 members (excludes halogenated alkanes) is 2. The van der Waals surface area contributed by atoms with Crippen LogP contribution in [0.3, 0.4) is 0 Å². The predicted octanol–water partition coefficient (Wildman–Crippen LogP) is 5.33. The van der Waals surface area contributed by atoms with Crippen molar-refractivity contribution < 1.29 is 9.53 Å². The van der Waals surface area contributed by atoms with E-state index in [9.17, 15) is 4.79 Å². The minimum Gasteiger partial charge on any atom is -0.497 e. The van der Waals surface area contributed by atoms with Gasteiger partial charge in [0.1, 0.15) is 5.75 Å². The molecule has 0 saturated heterocycles. The van der Waals surface area contributed by atoms with Gasteiger partial charge in [0.15, 0.2) is 5.78 Å². The Balaban J connectivity index is 2.11. The lowest BCUT2D eigenvalue weighted by molar-refractivity contribution is 0.103. The van der Waals surface area contributed by atoms with Crippen molar-refractivity contribution in [2.24, 2.45) is 0 Å². The fourth-order valence-electron chi connectivity index (χ4n) is 2.80. The van der Waals surface area contributed by atoms with E-state index in [1.807, 2.05) is 36.4 Å². The van der Waals surface area contributed by atoms with Gasteiger partial charge in [0.05, 0.1) is 7.11 Å². The van der Waals surface area contributed by atoms with Crippen molar-refractivity contribution in [3.63, 3.8) is 0 Å². The molecule has 2 rings (SSSR count). The van der Waals surface area contributed by atoms with Gasteiger partial charge in [0.2, 0.25) is 0 Å². The molecule has 0 amide bonds. The van der Waals surface area contributed by atoms with E-state index in [4.69, 9.17) is 4.74 Å². The van der Waals surface area contributed by atoms with E-state index in [1.165, 1.54) is 31.4 Å². The summed E-state index contributed by atoms with van der Waals surface area (Å²) in [5.41, 5.74) is 2.61. The number of benzene rings is 2. The first-order chi connectivity index (χ1) is 12.2. The molecule has 134 valence electrons. The number of ether oxygens (including phenoxy) is 1. The van der Waals surface area contributed by atoms with Gasteiger partial charge in [-0.15, -0.1) is 0 Å². The second-order valence-corrected chi connectivity index (χ2v) is 6.30. The molecular weight excluding hydrogens is 310 g/mol. The third-order valence-electron chi connectivity index (χ3n) is 4.41. The summed E-state index contributed by atoms with van der Waals surface area (Å²) in [5.74, 6) is 0.803. The van der Waals surface area contributed by atoms with Crippen molar-refractivity contribution in [2.75, 3.05) is 25.1 Å². The summed E-state index contributed by atoms with van der Waals surface area (Å²) < 4.78 is 5.14. The standard InChI is InChI=1S/C22H29NO2/c1-4-6-16-23(17-7-5-2)20-12-8-18(9-13-20)22(24)19-10-14-21(25-3)15-11-19/h8-15H,4-7,16-17H2,1-3H3. The lowest BCUT2D eigenvalue weighted by Crippen LogP contribution is -2.25. The Morgan fingerprint density at radius 2 is 1.32 bits per heavy atom. The molecular formula is C22H29NO2. The zero-order valence-corrected chi connectivity index (χ0v) is 15.6. The molecule has 2 aromatic carbocycles. The van der Waals surface area contributed by atoms with Crippen LogP contribution in [0.4, 0.5) is 5.69 Å². The molecule has 0 spiro atoms. The molecule has 0 radical (unpaired) electrons. The Morgan fingerprint density at radius 3 is 1.76 bits per heavy atom. The average Bonchev–Trinajstić information content (AvgIpc) is 2.68. The smallest absolute Gasteiger partial charge is 0.193 e. The van der Waals surface area contributed by atoms with Gasteiger partial charge in [-0.3, -0.25) is 4.79 Å². The van der Waals surface area contributed by atoms with Gasteiger partial charge in [-0.2, -0.15) is 0 Å². The molecule has 0 atom stereocenters. The van der Waals surface area contributed by atoms with E-state index >= 15 is 0 Å². The molecule has 25 heavy (non-hydrogen) atoms. The summed E-state index contributed by atoms with van der Waals surface area (Å²) in [7, 11) is 1.62. The maximum absolute atomic E-state index is 12.6. The van der Waals surface area contributed by atoms with E-state index in [0.717, 1.165) is 24.4 Å². The second kappa shape index (κ2) is 9.87. The zero-order chi connectivity index (χ0) is 18.1. The molecule has 0 fully saturated rings. The molecule has 0 aliphatic heterocycles. The van der Waals surface area contributed by atoms with Crippen LogP contribution in [-0.2, 0) is 0 Å². The van der Waals surface area contributed by atoms with E-state index in [-0.39, 0.29) is 5.78 Å². The van der Waals surface area contributed by atoms with E-state index in [0.29, 0.717) is 5.56 Å². The Bertz CT molecular complexity index is 639. The van der Waals surface area contributed by atoms with Gasteiger partial charge in [0, 0.05) is 29.9 Å². The monoisotopic (exact) mass is 339 g/mol. The zero-order valence-electron chi connectivity index (χ0n) is 15.6. The highest BCUT2D eigenvalue weighted by atomic mass is 16.5. The first-order valence-electron chi connectivity index (χ1n) is 9.23. The average molecular weight is 339 g/mol. The highest BCUT2D eigenvalue weighted by molar-refractivity contribution is 6.09. The summed E-state index contributed by atoms with van der Waals surface area (Å²) in [6, 6.07) is 15.3. The molecule has 0 unspecified atom stereocenters. The molecule has 2 aromatic rings. The summed E-state index contributed by atoms with van der Waals surface area (Å²) in [5, 5.41) is 0. The Kier molecular flexibility index (Phi) is 7.52. The molecule has 0 aliphatic carbocycles. The van der Waals surface area contributed by atoms with Crippen LogP contribution in [0.15, 0.2) is 48.5 Å². The van der Waals surface area contributed by atoms with Gasteiger partial charge in [0.25, 0.3) is 0 Å². The quantitative estimate of drug-likeness (QED) is 0.548. The molecule has 0 saturated carbocycles. The number of anilines is 1. The summed E-state index contributed by atoms with van der Waals surface area (Å²) in [6.07, 6.45) is 4.76. The molecule has 3 heteroatoms. The van der Waals surface area contributed by atoms with Crippen LogP contribution < -0.4 is 9.64 Å². The van der Waals surface area contributed by atoms with Crippen LogP contribution in [0.5, 0.6) is 5.75 Å². The van der Waals surface area contributed by atoms with Gasteiger partial charge < -0.3 is 9.64 Å². The molecule has 0 N–H and O–H groups in total. The van der Waals surface area contributed by atoms with Crippen LogP contribution in [0.2, 0.25) is 0 Å². The maximum atomic E-state index is 12.6. The van der Waals surface area contributed by atoms with Crippen molar-refractivity contribution in [2.45, 2.75) is 39.5 Å². The van der Waals surface area contributed by atoms with Crippen LogP contribution in [0, 0.1) is 0 Å². The predicted molar refractivity (Wildman–Crippen MR) is 105 cm³/mol. The van der Waals surface area contributed by atoms with Crippen molar-refractivity contribution in [1.29, 1.82) is 0 Å². The summed E-state index contributed by atoms with van der Waals surface area (Å²) in [6.45, 7) is 6.58. The Labute approximate surface area is 151 Å². The Hall–Kier alpha value is -2.29. The number of rotatable bonds is 10. The van der Waals surface area contributed by atoms with Crippen LogP contribution in [0.1, 0.15) is 55.5 Å². The SMILES string of the molecule is CCCCN(CCCC)c1ccc(C(=O)c2ccc(OC)cc2)cc1. The van der Waals surface area contributed by atoms with Gasteiger partial charge >= 0.3 is 0 Å². The van der Waals surface area contributed by atoms with Crippen molar-refractivity contribution in [3.05, 3.63) is 59.7 Å². The van der Waals surface area contributed by atoms with Crippen molar-refractivity contribution in [3.8, 4) is 5.75 Å². The fourth-order valence-corrected chi connectivity index (χ4v) is 2.80. The highest BCUT2D eigenvalue weighted by Gasteiger charge is 2.11. The molecule has 0 bridgehead atoms. The number of nitrogens with zero attached hydrogens (tertiary/aromatic N) is 1. The Morgan fingerprint density at radius 1 is 0.840 bits per heavy atom. The van der Waals surface area contributed by atoms with Crippen LogP contribution in [-0.4, -0.2) is 26.0 Å². The van der Waals surface area contributed by atoms with Gasteiger partial charge in [-0.05, 0) is 61.4 Å². The first kappa shape index (κ1) is 19.0. The second-order valence-electron chi connectivity index (χ2n) is 6.30. The molecule has 0 aromatic heterocycles. The number of carbonyl (C=O) groups is 1. The topological polar surface area (TPSA) is 29.5 Å². The largest absolute Gasteiger partial charge is 0.497 e.